The molecule has 0 spiro atoms. The number of carbonyl (C=O) groups excluding carboxylic acids is 1. The van der Waals surface area contributed by atoms with Crippen LogP contribution in [0.1, 0.15) is 24.3 Å². The third kappa shape index (κ3) is 4.12. The summed E-state index contributed by atoms with van der Waals surface area (Å²) in [6.45, 7) is 2.98. The first-order valence-electron chi connectivity index (χ1n) is 10.1. The number of amides is 1. The van der Waals surface area contributed by atoms with Crippen LogP contribution < -0.4 is 15.6 Å². The second-order valence-electron chi connectivity index (χ2n) is 7.50. The van der Waals surface area contributed by atoms with E-state index in [0.29, 0.717) is 28.2 Å². The van der Waals surface area contributed by atoms with Gasteiger partial charge in [-0.2, -0.15) is 18.3 Å². The van der Waals surface area contributed by atoms with E-state index in [9.17, 15) is 22.8 Å². The molecule has 0 saturated carbocycles. The number of methoxy groups -OCH3 is 1. The van der Waals surface area contributed by atoms with Gasteiger partial charge in [0.05, 0.1) is 23.7 Å². The van der Waals surface area contributed by atoms with Crippen LogP contribution in [-0.2, 0) is 11.0 Å². The molecule has 1 amide bonds. The number of aromatic nitrogens is 3. The molecule has 0 fully saturated rings. The van der Waals surface area contributed by atoms with Crippen LogP contribution in [0, 0.1) is 6.92 Å². The van der Waals surface area contributed by atoms with Crippen LogP contribution in [0.25, 0.3) is 22.2 Å². The van der Waals surface area contributed by atoms with Crippen molar-refractivity contribution in [3.05, 3.63) is 70.2 Å². The second-order valence-corrected chi connectivity index (χ2v) is 7.50. The van der Waals surface area contributed by atoms with E-state index >= 15 is 0 Å². The normalized spacial score (nSPS) is 12.5. The summed E-state index contributed by atoms with van der Waals surface area (Å²) in [4.78, 5) is 25.9. The molecule has 0 aliphatic rings. The smallest absolute Gasteiger partial charge is 0.418 e. The minimum Gasteiger partial charge on any atom is -0.497 e. The lowest BCUT2D eigenvalue weighted by atomic mass is 10.1. The van der Waals surface area contributed by atoms with Gasteiger partial charge in [-0.3, -0.25) is 9.59 Å². The van der Waals surface area contributed by atoms with Crippen LogP contribution >= 0.6 is 0 Å². The van der Waals surface area contributed by atoms with E-state index in [1.807, 2.05) is 0 Å². The molecule has 0 saturated heterocycles. The summed E-state index contributed by atoms with van der Waals surface area (Å²) in [5.41, 5.74) is -1.26. The summed E-state index contributed by atoms with van der Waals surface area (Å²) < 4.78 is 51.2. The lowest BCUT2D eigenvalue weighted by Gasteiger charge is -2.18. The lowest BCUT2D eigenvalue weighted by molar-refractivity contribution is -0.137. The quantitative estimate of drug-likeness (QED) is 0.456. The fraction of sp³-hybridized carbons (Fsp3) is 0.217. The fourth-order valence-corrected chi connectivity index (χ4v) is 3.51. The number of fused-ring (bicyclic) bond motifs is 1. The molecule has 176 valence electrons. The number of halogens is 3. The molecule has 0 aliphatic heterocycles. The van der Waals surface area contributed by atoms with Gasteiger partial charge in [-0.15, -0.1) is 0 Å². The summed E-state index contributed by atoms with van der Waals surface area (Å²) in [6, 6.07) is 10.1. The molecule has 2 aromatic heterocycles. The monoisotopic (exact) mass is 472 g/mol. The number of alkyl halides is 3. The summed E-state index contributed by atoms with van der Waals surface area (Å²) in [5, 5.41) is 10.8. The maximum absolute atomic E-state index is 13.3. The fourth-order valence-electron chi connectivity index (χ4n) is 3.51. The molecule has 1 atom stereocenters. The number of nitrogens with one attached hydrogen (secondary N) is 1. The van der Waals surface area contributed by atoms with E-state index < -0.39 is 34.9 Å². The first-order chi connectivity index (χ1) is 16.1. The van der Waals surface area contributed by atoms with Crippen molar-refractivity contribution < 1.29 is 27.2 Å². The maximum atomic E-state index is 13.3. The number of ether oxygens (including phenoxy) is 1. The van der Waals surface area contributed by atoms with E-state index in [2.05, 4.69) is 15.6 Å². The Balaban J connectivity index is 1.78. The van der Waals surface area contributed by atoms with Gasteiger partial charge in [-0.1, -0.05) is 17.3 Å². The van der Waals surface area contributed by atoms with Crippen LogP contribution in [0.4, 0.5) is 18.9 Å². The van der Waals surface area contributed by atoms with Gasteiger partial charge in [0.15, 0.2) is 5.52 Å². The molecule has 1 N–H and O–H groups in total. The largest absolute Gasteiger partial charge is 0.497 e. The van der Waals surface area contributed by atoms with Crippen LogP contribution in [0.5, 0.6) is 5.75 Å². The number of para-hydroxylation sites is 1. The van der Waals surface area contributed by atoms with Crippen molar-refractivity contribution >= 4 is 22.5 Å². The highest BCUT2D eigenvalue weighted by molar-refractivity contribution is 5.96. The Hall–Kier alpha value is -4.15. The average Bonchev–Trinajstić information content (AvgIpc) is 3.21. The number of hydrogen-bond donors (Lipinski definition) is 1. The Morgan fingerprint density at radius 1 is 1.15 bits per heavy atom. The molecule has 11 heteroatoms. The van der Waals surface area contributed by atoms with Gasteiger partial charge in [0.25, 0.3) is 5.56 Å². The number of anilines is 1. The van der Waals surface area contributed by atoms with Crippen molar-refractivity contribution in [2.45, 2.75) is 26.1 Å². The zero-order chi connectivity index (χ0) is 24.6. The van der Waals surface area contributed by atoms with E-state index in [0.717, 1.165) is 16.8 Å². The predicted molar refractivity (Wildman–Crippen MR) is 118 cm³/mol. The van der Waals surface area contributed by atoms with Gasteiger partial charge in [0, 0.05) is 5.56 Å². The first kappa shape index (κ1) is 23.0. The Kier molecular flexibility index (Phi) is 5.86. The zero-order valence-electron chi connectivity index (χ0n) is 18.3. The van der Waals surface area contributed by atoms with Gasteiger partial charge in [-0.05, 0) is 50.2 Å². The molecule has 4 aromatic rings. The minimum absolute atomic E-state index is 0.0475. The van der Waals surface area contributed by atoms with Crippen molar-refractivity contribution in [1.82, 2.24) is 14.9 Å². The lowest BCUT2D eigenvalue weighted by Crippen LogP contribution is -2.34. The topological polar surface area (TPSA) is 99.2 Å². The van der Waals surface area contributed by atoms with E-state index in [1.54, 1.807) is 31.2 Å². The number of rotatable bonds is 5. The summed E-state index contributed by atoms with van der Waals surface area (Å²) in [5.74, 6) is 0.103. The Morgan fingerprint density at radius 2 is 1.82 bits per heavy atom. The Bertz CT molecular complexity index is 1430. The van der Waals surface area contributed by atoms with Crippen molar-refractivity contribution in [1.29, 1.82) is 0 Å². The van der Waals surface area contributed by atoms with Crippen LogP contribution in [0.2, 0.25) is 0 Å². The molecule has 8 nitrogen and oxygen atoms in total. The highest BCUT2D eigenvalue weighted by Crippen LogP contribution is 2.35. The highest BCUT2D eigenvalue weighted by atomic mass is 19.4. The summed E-state index contributed by atoms with van der Waals surface area (Å²) in [7, 11) is 1.52. The molecular formula is C23H19F3N4O4. The van der Waals surface area contributed by atoms with E-state index in [4.69, 9.17) is 9.26 Å². The second kappa shape index (κ2) is 8.65. The zero-order valence-corrected chi connectivity index (χ0v) is 18.3. The van der Waals surface area contributed by atoms with Crippen molar-refractivity contribution in [2.24, 2.45) is 0 Å². The van der Waals surface area contributed by atoms with Crippen molar-refractivity contribution in [3.8, 4) is 17.0 Å². The molecule has 0 radical (unpaired) electrons. The number of hydrogen-bond acceptors (Lipinski definition) is 6. The van der Waals surface area contributed by atoms with E-state index in [-0.39, 0.29) is 5.52 Å². The SMILES string of the molecule is COc1ccc(-c2nn(C(C)C(=O)Nc3ccccc3C(F)(F)F)c(=O)c3noc(C)c23)cc1. The average molecular weight is 472 g/mol. The van der Waals surface area contributed by atoms with Gasteiger partial charge in [0.1, 0.15) is 23.2 Å². The van der Waals surface area contributed by atoms with Crippen LogP contribution in [-0.4, -0.2) is 28.0 Å². The summed E-state index contributed by atoms with van der Waals surface area (Å²) >= 11 is 0. The predicted octanol–water partition coefficient (Wildman–Crippen LogP) is 4.59. The van der Waals surface area contributed by atoms with Crippen LogP contribution in [0.3, 0.4) is 0 Å². The number of nitrogens with zero attached hydrogens (tertiary/aromatic N) is 3. The number of benzene rings is 2. The number of carbonyl (C=O) groups is 1. The Morgan fingerprint density at radius 3 is 2.47 bits per heavy atom. The first-order valence-corrected chi connectivity index (χ1v) is 10.1. The molecule has 2 heterocycles. The van der Waals surface area contributed by atoms with Gasteiger partial charge in [0.2, 0.25) is 5.91 Å². The highest BCUT2D eigenvalue weighted by Gasteiger charge is 2.34. The summed E-state index contributed by atoms with van der Waals surface area (Å²) in [6.07, 6.45) is -4.67. The molecular weight excluding hydrogens is 453 g/mol. The standard InChI is InChI=1S/C23H19F3N4O4/c1-12(21(31)27-17-7-5-4-6-16(17)23(24,25)26)30-22(32)20-18(13(2)34-29-20)19(28-30)14-8-10-15(33-3)11-9-14/h4-12H,1-3H3,(H,27,31). The molecule has 4 rings (SSSR count). The molecule has 1 unspecified atom stereocenters. The van der Waals surface area contributed by atoms with Crippen molar-refractivity contribution in [2.75, 3.05) is 12.4 Å². The molecule has 2 aromatic carbocycles. The third-order valence-corrected chi connectivity index (χ3v) is 5.32. The van der Waals surface area contributed by atoms with Gasteiger partial charge >= 0.3 is 6.18 Å². The molecule has 0 aliphatic carbocycles. The van der Waals surface area contributed by atoms with Crippen molar-refractivity contribution in [3.63, 3.8) is 0 Å². The van der Waals surface area contributed by atoms with Gasteiger partial charge < -0.3 is 14.6 Å². The van der Waals surface area contributed by atoms with E-state index in [1.165, 1.54) is 26.2 Å². The number of aryl methyl sites for hydroxylation is 1. The Labute approximate surface area is 190 Å². The molecule has 34 heavy (non-hydrogen) atoms. The third-order valence-electron chi connectivity index (χ3n) is 5.32. The molecule has 0 bridgehead atoms. The maximum Gasteiger partial charge on any atom is 0.418 e. The van der Waals surface area contributed by atoms with Crippen LogP contribution in [0.15, 0.2) is 57.8 Å². The minimum atomic E-state index is -4.67. The van der Waals surface area contributed by atoms with Gasteiger partial charge in [-0.25, -0.2) is 4.68 Å².